The molecule has 30 aromatic rings. The van der Waals surface area contributed by atoms with Crippen LogP contribution in [0.1, 0.15) is 0 Å². The van der Waals surface area contributed by atoms with Crippen molar-refractivity contribution in [2.24, 2.45) is 0 Å². The van der Waals surface area contributed by atoms with Crippen LogP contribution in [0.15, 0.2) is 542 Å². The van der Waals surface area contributed by atoms with Gasteiger partial charge in [-0.25, -0.2) is 0 Å². The van der Waals surface area contributed by atoms with Gasteiger partial charge in [-0.15, -0.1) is 11.3 Å². The largest absolute Gasteiger partial charge is 0.456 e. The summed E-state index contributed by atoms with van der Waals surface area (Å²) < 4.78 is 42.0. The third kappa shape index (κ3) is 14.6. The highest BCUT2D eigenvalue weighted by Crippen LogP contribution is 2.56. The Morgan fingerprint density at radius 1 is 0.151 bits per heavy atom. The molecule has 0 spiro atoms. The first-order chi connectivity index (χ1) is 72.4. The number of rotatable bonds is 15. The van der Waals surface area contributed by atoms with Crippen molar-refractivity contribution in [3.63, 3.8) is 0 Å². The lowest BCUT2D eigenvalue weighted by Crippen LogP contribution is -2.12. The molecule has 7 heterocycles. The van der Waals surface area contributed by atoms with Crippen molar-refractivity contribution in [3.05, 3.63) is 516 Å². The number of benzene rings is 23. The van der Waals surface area contributed by atoms with Gasteiger partial charge in [0.05, 0.1) is 54.7 Å². The molecule has 0 unspecified atom stereocenters. The molecule has 10 heteroatoms. The van der Waals surface area contributed by atoms with E-state index in [4.69, 9.17) is 26.5 Å². The summed E-state index contributed by atoms with van der Waals surface area (Å²) in [5.74, 6) is 0. The van der Waals surface area contributed by atoms with E-state index in [1.165, 1.54) is 69.9 Å². The van der Waals surface area contributed by atoms with Gasteiger partial charge < -0.3 is 41.2 Å². The normalized spacial score (nSPS) is 11.7. The van der Waals surface area contributed by atoms with E-state index in [9.17, 15) is 0 Å². The van der Waals surface area contributed by atoms with Gasteiger partial charge in [-0.1, -0.05) is 388 Å². The van der Waals surface area contributed by atoms with Crippen LogP contribution in [-0.2, 0) is 0 Å². The van der Waals surface area contributed by atoms with Gasteiger partial charge >= 0.3 is 0 Å². The van der Waals surface area contributed by atoms with Crippen LogP contribution >= 0.6 is 11.3 Å². The van der Waals surface area contributed by atoms with Crippen molar-refractivity contribution < 1.29 is 26.5 Å². The monoisotopic (exact) mass is 1890 g/mol. The summed E-state index contributed by atoms with van der Waals surface area (Å²) in [5.41, 5.74) is 33.6. The molecule has 146 heavy (non-hydrogen) atoms. The number of anilines is 9. The maximum absolute atomic E-state index is 6.76. The van der Waals surface area contributed by atoms with Crippen LogP contribution in [0, 0.1) is 0 Å². The van der Waals surface area contributed by atoms with Crippen LogP contribution in [0.25, 0.3) is 229 Å². The SMILES string of the molecule is c1ccc(-c2ccc(-c3ccc(N(c4cccc5c4sc4ccccc45)c4cc5oc6ccccc6c5c5oc6ccccc6c45)cc3)cc2)cc1.c1ccc(-c2ccc(N(c3ccc(-c4ccccc4)cc3)c3ccc(-c4cc5oc6ccccc6c5c5oc6ccccc6c45)cc3)cc2)cc1.c1ccc(-c2ccccc2N(c2cccc3ccccc23)c2cc3c4ccccc4oc3c3oc4ccccc4c23)cc1. The molecular weight excluding hydrogens is 1800 g/mol. The third-order valence-electron chi connectivity index (χ3n) is 28.6. The minimum absolute atomic E-state index is 0.757. The smallest absolute Gasteiger partial charge is 0.180 e. The number of para-hydroxylation sites is 7. The highest BCUT2D eigenvalue weighted by molar-refractivity contribution is 7.26. The molecule has 0 N–H and O–H groups in total. The number of hydrogen-bond donors (Lipinski definition) is 0. The zero-order valence-electron chi connectivity index (χ0n) is 78.8. The van der Waals surface area contributed by atoms with Crippen LogP contribution < -0.4 is 14.7 Å². The van der Waals surface area contributed by atoms with Crippen molar-refractivity contribution >= 4 is 225 Å². The molecule has 23 aromatic carbocycles. The van der Waals surface area contributed by atoms with E-state index in [2.05, 4.69) is 464 Å². The maximum Gasteiger partial charge on any atom is 0.180 e. The molecule has 0 bridgehead atoms. The Bertz CT molecular complexity index is 10200. The molecule has 0 saturated carbocycles. The second-order valence-corrected chi connectivity index (χ2v) is 38.1. The molecule has 7 aromatic heterocycles. The number of hydrogen-bond acceptors (Lipinski definition) is 10. The van der Waals surface area contributed by atoms with Crippen LogP contribution in [0.5, 0.6) is 0 Å². The minimum Gasteiger partial charge on any atom is -0.456 e. The van der Waals surface area contributed by atoms with E-state index in [0.717, 1.165) is 211 Å². The number of thiophene rings is 1. The Labute approximate surface area is 842 Å². The van der Waals surface area contributed by atoms with Crippen LogP contribution in [-0.4, -0.2) is 0 Å². The third-order valence-corrected chi connectivity index (χ3v) is 29.8. The highest BCUT2D eigenvalue weighted by atomic mass is 32.1. The predicted molar refractivity (Wildman–Crippen MR) is 610 cm³/mol. The quantitative estimate of drug-likeness (QED) is 0.0996. The number of fused-ring (bicyclic) bond motifs is 25. The van der Waals surface area contributed by atoms with Crippen molar-refractivity contribution in [2.45, 2.75) is 0 Å². The van der Waals surface area contributed by atoms with Gasteiger partial charge in [-0.3, -0.25) is 0 Å². The van der Waals surface area contributed by atoms with E-state index in [1.54, 1.807) is 0 Å². The van der Waals surface area contributed by atoms with Crippen LogP contribution in [0.4, 0.5) is 51.2 Å². The second-order valence-electron chi connectivity index (χ2n) is 37.0. The first-order valence-corrected chi connectivity index (χ1v) is 50.1. The fourth-order valence-electron chi connectivity index (χ4n) is 21.8. The van der Waals surface area contributed by atoms with Gasteiger partial charge in [-0.2, -0.15) is 0 Å². The van der Waals surface area contributed by atoms with E-state index in [-0.39, 0.29) is 0 Å². The Morgan fingerprint density at radius 2 is 0.473 bits per heavy atom. The van der Waals surface area contributed by atoms with Gasteiger partial charge in [0.2, 0.25) is 0 Å². The van der Waals surface area contributed by atoms with Gasteiger partial charge in [0.1, 0.15) is 55.8 Å². The standard InChI is InChI=1S/C48H29NO2S.C48H31NO2.C40H25NO2/c1-2-11-30(12-3-1)31-21-23-32(24-22-31)33-25-27-34(28-26-33)49(39-17-10-16-36-35-13-6-9-20-44(35)52-48(36)39)40-29-43-46(38-15-5-7-18-41(38)50-43)47-45(40)37-14-4-8-19-42(37)51-47;1-3-11-32(12-4-1)34-19-25-37(26-20-34)49(38-27-21-35(22-28-38)33-13-5-2-6-14-33)39-29-23-36(24-30-39)42-31-45-47(41-16-8-9-17-43(41)50-45)48-46(42)40-15-7-10-18-44(40)51-48;1-2-13-26(14-3-1)28-18-6-9-21-33(28)41(34-22-12-16-27-15-4-5-17-29(27)34)35-25-32-30-19-7-10-23-36(30)42-39(32)40-38(35)31-20-8-11-24-37(31)43-40/h1-29H;1-31H;1-25H. The first-order valence-electron chi connectivity index (χ1n) is 49.3. The Hall–Kier alpha value is -19.3. The lowest BCUT2D eigenvalue weighted by atomic mass is 9.96. The first kappa shape index (κ1) is 84.8. The molecule has 686 valence electrons. The summed E-state index contributed by atoms with van der Waals surface area (Å²) in [4.78, 5) is 7.13. The molecule has 0 aliphatic rings. The Morgan fingerprint density at radius 3 is 1.00 bits per heavy atom. The zero-order chi connectivity index (χ0) is 96.2. The lowest BCUT2D eigenvalue weighted by molar-refractivity contribution is 0.633. The van der Waals surface area contributed by atoms with E-state index in [0.29, 0.717) is 0 Å². The molecule has 0 saturated heterocycles. The minimum atomic E-state index is 0.757. The van der Waals surface area contributed by atoms with E-state index >= 15 is 0 Å². The van der Waals surface area contributed by atoms with Crippen molar-refractivity contribution in [2.75, 3.05) is 14.7 Å². The summed E-state index contributed by atoms with van der Waals surface area (Å²) >= 11 is 1.84. The molecular formula is C136H85N3O6S. The van der Waals surface area contributed by atoms with Crippen molar-refractivity contribution in [1.82, 2.24) is 0 Å². The number of furan rings is 6. The molecule has 9 nitrogen and oxygen atoms in total. The number of nitrogens with zero attached hydrogens (tertiary/aromatic N) is 3. The van der Waals surface area contributed by atoms with Crippen molar-refractivity contribution in [3.8, 4) is 66.8 Å². The zero-order valence-corrected chi connectivity index (χ0v) is 79.6. The van der Waals surface area contributed by atoms with Crippen molar-refractivity contribution in [1.29, 1.82) is 0 Å². The Balaban J connectivity index is 0.000000107. The average molecular weight is 1890 g/mol. The lowest BCUT2D eigenvalue weighted by Gasteiger charge is -2.29. The predicted octanol–water partition coefficient (Wildman–Crippen LogP) is 40.4. The van der Waals surface area contributed by atoms with Gasteiger partial charge in [-0.05, 0) is 188 Å². The summed E-state index contributed by atoms with van der Waals surface area (Å²) in [7, 11) is 0. The maximum atomic E-state index is 6.76. The van der Waals surface area contributed by atoms with E-state index < -0.39 is 0 Å². The topological polar surface area (TPSA) is 88.6 Å². The summed E-state index contributed by atoms with van der Waals surface area (Å²) in [6.07, 6.45) is 0. The average Bonchev–Trinajstić information content (AvgIpc) is 1.63. The van der Waals surface area contributed by atoms with Crippen LogP contribution in [0.2, 0.25) is 0 Å². The molecule has 0 fully saturated rings. The highest BCUT2D eigenvalue weighted by Gasteiger charge is 2.31. The van der Waals surface area contributed by atoms with Gasteiger partial charge in [0, 0.05) is 98.3 Å². The molecule has 0 radical (unpaired) electrons. The summed E-state index contributed by atoms with van der Waals surface area (Å²) in [5, 5.41) is 17.5. The van der Waals surface area contributed by atoms with E-state index in [1.807, 2.05) is 78.1 Å². The van der Waals surface area contributed by atoms with Crippen LogP contribution in [0.3, 0.4) is 0 Å². The van der Waals surface area contributed by atoms with Gasteiger partial charge in [0.15, 0.2) is 11.2 Å². The molecule has 30 rings (SSSR count). The molecule has 0 aliphatic carbocycles. The molecule has 0 atom stereocenters. The summed E-state index contributed by atoms with van der Waals surface area (Å²) in [6.45, 7) is 0. The molecule has 0 amide bonds. The fourth-order valence-corrected chi connectivity index (χ4v) is 23.0. The Kier molecular flexibility index (Phi) is 20.6. The second kappa shape index (κ2) is 35.5. The summed E-state index contributed by atoms with van der Waals surface area (Å²) in [6, 6.07) is 182. The molecule has 0 aliphatic heterocycles. The fraction of sp³-hybridized carbons (Fsp3) is 0. The van der Waals surface area contributed by atoms with Gasteiger partial charge in [0.25, 0.3) is 0 Å².